The molecule has 9 aromatic rings. The van der Waals surface area contributed by atoms with Gasteiger partial charge in [0.1, 0.15) is 23.0 Å². The lowest BCUT2D eigenvalue weighted by molar-refractivity contribution is 0.466. The van der Waals surface area contributed by atoms with Gasteiger partial charge in [0, 0.05) is 40.2 Å². The molecule has 0 saturated carbocycles. The molecule has 4 aliphatic rings. The van der Waals surface area contributed by atoms with Crippen molar-refractivity contribution in [2.75, 3.05) is 9.80 Å². The Kier molecular flexibility index (Phi) is 11.6. The van der Waals surface area contributed by atoms with E-state index >= 15 is 0 Å². The zero-order chi connectivity index (χ0) is 56.3. The summed E-state index contributed by atoms with van der Waals surface area (Å²) in [7, 11) is 0. The van der Waals surface area contributed by atoms with E-state index in [0.717, 1.165) is 67.8 Å². The van der Waals surface area contributed by atoms with Crippen LogP contribution < -0.4 is 52.1 Å². The summed E-state index contributed by atoms with van der Waals surface area (Å²) in [6.07, 6.45) is 0. The number of fused-ring (bicyclic) bond motifs is 8. The first-order chi connectivity index (χ1) is 37.8. The molecule has 80 heavy (non-hydrogen) atoms. The van der Waals surface area contributed by atoms with Gasteiger partial charge >= 0.3 is 0 Å². The monoisotopic (exact) mass is 1040 g/mol. The molecule has 0 spiro atoms. The molecule has 0 bridgehead atoms. The van der Waals surface area contributed by atoms with Crippen molar-refractivity contribution < 1.29 is 9.47 Å². The second-order valence-electron chi connectivity index (χ2n) is 27.8. The molecule has 0 fully saturated rings. The molecule has 398 valence electrons. The van der Waals surface area contributed by atoms with E-state index in [1.165, 1.54) is 88.9 Å². The summed E-state index contributed by atoms with van der Waals surface area (Å²) in [5.74, 6) is 3.41. The predicted molar refractivity (Wildman–Crippen MR) is 343 cm³/mol. The molecule has 0 N–H and O–H groups in total. The SMILES string of the molecule is Cc1ccc(-c2cc3c4c(c2)N(c2ccc(C(C)(C)C)cc2)c2ccc(C(C)(C)C)cc2B4c2cc4c(cc2O3)Oc2cc(-c3ccc(C)cc3C)cc3c2B4c2cc(C(C)(C)C)ccc2N3c2ccc(C(C)(C)C)cc2)c(C)c1. The van der Waals surface area contributed by atoms with Crippen LogP contribution in [-0.2, 0) is 21.7 Å². The van der Waals surface area contributed by atoms with Gasteiger partial charge in [0.2, 0.25) is 0 Å². The van der Waals surface area contributed by atoms with Crippen molar-refractivity contribution in [1.29, 1.82) is 0 Å². The quantitative estimate of drug-likeness (QED) is 0.164. The Labute approximate surface area is 477 Å². The minimum atomic E-state index is -0.140. The van der Waals surface area contributed by atoms with Gasteiger partial charge in [0.25, 0.3) is 13.4 Å². The van der Waals surface area contributed by atoms with Crippen molar-refractivity contribution in [2.45, 2.75) is 132 Å². The van der Waals surface area contributed by atoms with Gasteiger partial charge in [-0.15, -0.1) is 0 Å². The van der Waals surface area contributed by atoms with Crippen LogP contribution in [0, 0.1) is 27.7 Å². The lowest BCUT2D eigenvalue weighted by Crippen LogP contribution is -2.63. The maximum atomic E-state index is 7.52. The summed E-state index contributed by atoms with van der Waals surface area (Å²) in [5, 5.41) is 0. The summed E-state index contributed by atoms with van der Waals surface area (Å²) in [5.41, 5.74) is 28.8. The van der Waals surface area contributed by atoms with E-state index in [4.69, 9.17) is 9.47 Å². The number of rotatable bonds is 4. The fraction of sp³-hybridized carbons (Fsp3) is 0.270. The van der Waals surface area contributed by atoms with Gasteiger partial charge in [-0.25, -0.2) is 0 Å². The van der Waals surface area contributed by atoms with Gasteiger partial charge in [0.05, 0.1) is 0 Å². The summed E-state index contributed by atoms with van der Waals surface area (Å²) in [6.45, 7) is 36.3. The molecular formula is C74H74B2N2O2. The van der Waals surface area contributed by atoms with E-state index in [1.54, 1.807) is 0 Å². The Morgan fingerprint density at radius 1 is 0.312 bits per heavy atom. The lowest BCUT2D eigenvalue weighted by Gasteiger charge is -2.43. The number of ether oxygens (including phenoxy) is 2. The topological polar surface area (TPSA) is 24.9 Å². The van der Waals surface area contributed by atoms with Crippen molar-refractivity contribution in [1.82, 2.24) is 0 Å². The van der Waals surface area contributed by atoms with Crippen LogP contribution in [0.2, 0.25) is 0 Å². The lowest BCUT2D eigenvalue weighted by atomic mass is 9.31. The standard InChI is InChI=1S/C74H74B2N2O2/c1-43-17-29-55(45(3)33-43)47-35-63-69-67(37-47)79-65-42-66-60(41-59(65)75(69)57-39-51(73(11,12)13)23-31-61(57)77(63)53-25-19-49(20-26-53)71(5,6)7)76-58-40-52(74(14,15)16)24-32-62(58)78(54-27-21-50(22-28-54)72(8,9)10)64-36-48(38-68(80-66)70(64)76)56-30-18-44(2)34-46(56)4/h17-42H,1-16H3. The summed E-state index contributed by atoms with van der Waals surface area (Å²) in [4.78, 5) is 5.02. The van der Waals surface area contributed by atoms with Crippen molar-refractivity contribution in [3.05, 3.63) is 202 Å². The largest absolute Gasteiger partial charge is 0.458 e. The summed E-state index contributed by atoms with van der Waals surface area (Å²) in [6, 6.07) is 60.8. The van der Waals surface area contributed by atoms with Crippen LogP contribution in [0.25, 0.3) is 22.3 Å². The molecule has 13 rings (SSSR count). The molecule has 0 unspecified atom stereocenters. The normalized spacial score (nSPS) is 14.1. The highest BCUT2D eigenvalue weighted by Crippen LogP contribution is 2.48. The van der Waals surface area contributed by atoms with E-state index in [1.807, 2.05) is 0 Å². The number of anilines is 6. The molecule has 0 amide bonds. The maximum Gasteiger partial charge on any atom is 0.256 e. The minimum absolute atomic E-state index is 0.0142. The van der Waals surface area contributed by atoms with Gasteiger partial charge in [-0.05, 0) is 198 Å². The third-order valence-corrected chi connectivity index (χ3v) is 17.8. The molecule has 4 heterocycles. The first-order valence-electron chi connectivity index (χ1n) is 28.9. The molecule has 6 heteroatoms. The van der Waals surface area contributed by atoms with Gasteiger partial charge in [-0.1, -0.05) is 185 Å². The van der Waals surface area contributed by atoms with Gasteiger partial charge in [0.15, 0.2) is 0 Å². The molecule has 4 nitrogen and oxygen atoms in total. The first kappa shape index (κ1) is 51.7. The summed E-state index contributed by atoms with van der Waals surface area (Å²) >= 11 is 0. The van der Waals surface area contributed by atoms with Crippen LogP contribution in [0.15, 0.2) is 158 Å². The van der Waals surface area contributed by atoms with Gasteiger partial charge in [-0.3, -0.25) is 0 Å². The van der Waals surface area contributed by atoms with Crippen LogP contribution in [-0.4, -0.2) is 13.4 Å². The van der Waals surface area contributed by atoms with E-state index in [0.29, 0.717) is 0 Å². The number of hydrogen-bond donors (Lipinski definition) is 0. The van der Waals surface area contributed by atoms with Crippen LogP contribution in [0.1, 0.15) is 128 Å². The number of hydrogen-bond acceptors (Lipinski definition) is 4. The van der Waals surface area contributed by atoms with E-state index in [2.05, 4.69) is 278 Å². The number of benzene rings is 9. The third-order valence-electron chi connectivity index (χ3n) is 17.8. The van der Waals surface area contributed by atoms with Crippen LogP contribution in [0.5, 0.6) is 23.0 Å². The second-order valence-corrected chi connectivity index (χ2v) is 27.8. The maximum absolute atomic E-state index is 7.52. The molecule has 0 aromatic heterocycles. The second kappa shape index (κ2) is 17.9. The van der Waals surface area contributed by atoms with E-state index in [-0.39, 0.29) is 35.1 Å². The van der Waals surface area contributed by atoms with Gasteiger partial charge in [-0.2, -0.15) is 0 Å². The Hall–Kier alpha value is -7.69. The molecule has 4 aliphatic heterocycles. The highest BCUT2D eigenvalue weighted by Gasteiger charge is 2.48. The summed E-state index contributed by atoms with van der Waals surface area (Å²) < 4.78 is 15.0. The number of aryl methyl sites for hydroxylation is 4. The molecule has 0 aliphatic carbocycles. The van der Waals surface area contributed by atoms with Crippen LogP contribution >= 0.6 is 0 Å². The molecule has 0 saturated heterocycles. The van der Waals surface area contributed by atoms with Crippen LogP contribution in [0.4, 0.5) is 34.1 Å². The average molecular weight is 1050 g/mol. The fourth-order valence-electron chi connectivity index (χ4n) is 13.3. The van der Waals surface area contributed by atoms with Crippen molar-refractivity contribution in [3.63, 3.8) is 0 Å². The zero-order valence-electron chi connectivity index (χ0n) is 49.9. The Morgan fingerprint density at radius 2 is 0.675 bits per heavy atom. The van der Waals surface area contributed by atoms with Crippen LogP contribution in [0.3, 0.4) is 0 Å². The molecule has 0 radical (unpaired) electrons. The third kappa shape index (κ3) is 8.42. The highest BCUT2D eigenvalue weighted by molar-refractivity contribution is 7.02. The van der Waals surface area contributed by atoms with E-state index in [9.17, 15) is 0 Å². The zero-order valence-corrected chi connectivity index (χ0v) is 49.9. The van der Waals surface area contributed by atoms with E-state index < -0.39 is 0 Å². The van der Waals surface area contributed by atoms with Gasteiger partial charge < -0.3 is 19.3 Å². The smallest absolute Gasteiger partial charge is 0.256 e. The number of nitrogens with zero attached hydrogens (tertiary/aromatic N) is 2. The average Bonchev–Trinajstić information content (AvgIpc) is 3.37. The molecular weight excluding hydrogens is 970 g/mol. The van der Waals surface area contributed by atoms with Crippen molar-refractivity contribution in [3.8, 4) is 45.3 Å². The Morgan fingerprint density at radius 3 is 1.02 bits per heavy atom. The Bertz CT molecular complexity index is 3790. The minimum Gasteiger partial charge on any atom is -0.458 e. The Balaban J connectivity index is 1.08. The molecule has 0 atom stereocenters. The van der Waals surface area contributed by atoms with Crippen molar-refractivity contribution >= 4 is 80.3 Å². The highest BCUT2D eigenvalue weighted by atomic mass is 16.5. The molecule has 9 aromatic carbocycles. The predicted octanol–water partition coefficient (Wildman–Crippen LogP) is 16.3. The van der Waals surface area contributed by atoms with Crippen molar-refractivity contribution in [2.24, 2.45) is 0 Å². The first-order valence-corrected chi connectivity index (χ1v) is 28.9. The fourth-order valence-corrected chi connectivity index (χ4v) is 13.3.